The van der Waals surface area contributed by atoms with Crippen LogP contribution in [0, 0.1) is 13.8 Å². The lowest BCUT2D eigenvalue weighted by Gasteiger charge is -2.29. The van der Waals surface area contributed by atoms with E-state index >= 15 is 0 Å². The van der Waals surface area contributed by atoms with Crippen molar-refractivity contribution in [1.29, 1.82) is 0 Å². The highest BCUT2D eigenvalue weighted by Crippen LogP contribution is 2.09. The topological polar surface area (TPSA) is 84.4 Å². The standard InChI is InChI=1S/C13H22N4O2/c1-9-10(2)19-13(16-9)7-15-12(18)8-17-5-3-11(14)4-6-17/h11H,3-8,14H2,1-2H3,(H,15,18). The predicted molar refractivity (Wildman–Crippen MR) is 71.5 cm³/mol. The van der Waals surface area contributed by atoms with Crippen molar-refractivity contribution in [1.82, 2.24) is 15.2 Å². The average molecular weight is 266 g/mol. The highest BCUT2D eigenvalue weighted by atomic mass is 16.4. The smallest absolute Gasteiger partial charge is 0.234 e. The molecule has 0 aromatic carbocycles. The Morgan fingerprint density at radius 2 is 2.16 bits per heavy atom. The molecule has 0 radical (unpaired) electrons. The van der Waals surface area contributed by atoms with Gasteiger partial charge in [0.05, 0.1) is 18.8 Å². The first-order valence-corrected chi connectivity index (χ1v) is 6.72. The fraction of sp³-hybridized carbons (Fsp3) is 0.692. The van der Waals surface area contributed by atoms with E-state index in [-0.39, 0.29) is 11.9 Å². The van der Waals surface area contributed by atoms with Crippen molar-refractivity contribution in [3.8, 4) is 0 Å². The summed E-state index contributed by atoms with van der Waals surface area (Å²) >= 11 is 0. The van der Waals surface area contributed by atoms with E-state index in [1.54, 1.807) is 0 Å². The molecule has 1 fully saturated rings. The number of hydrogen-bond acceptors (Lipinski definition) is 5. The van der Waals surface area contributed by atoms with Crippen LogP contribution in [-0.2, 0) is 11.3 Å². The lowest BCUT2D eigenvalue weighted by molar-refractivity contribution is -0.122. The van der Waals surface area contributed by atoms with Crippen LogP contribution < -0.4 is 11.1 Å². The highest BCUT2D eigenvalue weighted by molar-refractivity contribution is 5.77. The number of nitrogens with zero attached hydrogens (tertiary/aromatic N) is 2. The summed E-state index contributed by atoms with van der Waals surface area (Å²) in [4.78, 5) is 18.2. The van der Waals surface area contributed by atoms with Crippen LogP contribution in [-0.4, -0.2) is 41.5 Å². The quantitative estimate of drug-likeness (QED) is 0.820. The van der Waals surface area contributed by atoms with Crippen molar-refractivity contribution in [3.63, 3.8) is 0 Å². The summed E-state index contributed by atoms with van der Waals surface area (Å²) in [5, 5.41) is 2.83. The molecule has 0 bridgehead atoms. The molecule has 0 unspecified atom stereocenters. The Labute approximate surface area is 113 Å². The third-order valence-electron chi connectivity index (χ3n) is 3.51. The van der Waals surface area contributed by atoms with E-state index in [1.807, 2.05) is 13.8 Å². The molecule has 106 valence electrons. The van der Waals surface area contributed by atoms with Crippen LogP contribution in [0.2, 0.25) is 0 Å². The molecule has 0 spiro atoms. The van der Waals surface area contributed by atoms with Gasteiger partial charge in [-0.2, -0.15) is 0 Å². The van der Waals surface area contributed by atoms with E-state index in [9.17, 15) is 4.79 Å². The second kappa shape index (κ2) is 6.16. The Morgan fingerprint density at radius 1 is 1.47 bits per heavy atom. The maximum atomic E-state index is 11.8. The SMILES string of the molecule is Cc1nc(CNC(=O)CN2CCC(N)CC2)oc1C. The number of aryl methyl sites for hydroxylation is 2. The molecule has 1 aromatic heterocycles. The van der Waals surface area contributed by atoms with Gasteiger partial charge in [0.2, 0.25) is 11.8 Å². The number of amides is 1. The third-order valence-corrected chi connectivity index (χ3v) is 3.51. The van der Waals surface area contributed by atoms with E-state index < -0.39 is 0 Å². The Bertz CT molecular complexity index is 416. The van der Waals surface area contributed by atoms with Gasteiger partial charge in [0.25, 0.3) is 0 Å². The Balaban J connectivity index is 1.72. The van der Waals surface area contributed by atoms with E-state index in [4.69, 9.17) is 10.2 Å². The molecule has 1 saturated heterocycles. The molecule has 2 heterocycles. The van der Waals surface area contributed by atoms with E-state index in [0.717, 1.165) is 37.4 Å². The molecule has 0 atom stereocenters. The highest BCUT2D eigenvalue weighted by Gasteiger charge is 2.18. The van der Waals surface area contributed by atoms with Gasteiger partial charge in [0.1, 0.15) is 5.76 Å². The van der Waals surface area contributed by atoms with Crippen LogP contribution in [0.3, 0.4) is 0 Å². The minimum Gasteiger partial charge on any atom is -0.444 e. The van der Waals surface area contributed by atoms with Gasteiger partial charge in [-0.05, 0) is 26.7 Å². The maximum absolute atomic E-state index is 11.8. The van der Waals surface area contributed by atoms with Crippen molar-refractivity contribution in [2.24, 2.45) is 5.73 Å². The van der Waals surface area contributed by atoms with E-state index in [0.29, 0.717) is 19.0 Å². The minimum absolute atomic E-state index is 0.00368. The number of oxazole rings is 1. The molecule has 3 N–H and O–H groups in total. The largest absolute Gasteiger partial charge is 0.444 e. The van der Waals surface area contributed by atoms with Gasteiger partial charge >= 0.3 is 0 Å². The Morgan fingerprint density at radius 3 is 2.74 bits per heavy atom. The number of aromatic nitrogens is 1. The number of nitrogens with two attached hydrogens (primary N) is 1. The number of carbonyl (C=O) groups excluding carboxylic acids is 1. The van der Waals surface area contributed by atoms with Crippen LogP contribution >= 0.6 is 0 Å². The fourth-order valence-corrected chi connectivity index (χ4v) is 2.16. The second-order valence-electron chi connectivity index (χ2n) is 5.14. The zero-order valence-electron chi connectivity index (χ0n) is 11.6. The van der Waals surface area contributed by atoms with E-state index in [2.05, 4.69) is 15.2 Å². The lowest BCUT2D eigenvalue weighted by atomic mass is 10.1. The van der Waals surface area contributed by atoms with Crippen molar-refractivity contribution in [2.75, 3.05) is 19.6 Å². The normalized spacial score (nSPS) is 17.6. The zero-order chi connectivity index (χ0) is 13.8. The van der Waals surface area contributed by atoms with E-state index in [1.165, 1.54) is 0 Å². The summed E-state index contributed by atoms with van der Waals surface area (Å²) in [5.74, 6) is 1.36. The fourth-order valence-electron chi connectivity index (χ4n) is 2.16. The summed E-state index contributed by atoms with van der Waals surface area (Å²) < 4.78 is 5.41. The first-order valence-electron chi connectivity index (χ1n) is 6.72. The molecule has 1 aromatic rings. The van der Waals surface area contributed by atoms with Crippen LogP contribution in [0.1, 0.15) is 30.2 Å². The lowest BCUT2D eigenvalue weighted by Crippen LogP contribution is -2.44. The summed E-state index contributed by atoms with van der Waals surface area (Å²) in [6.07, 6.45) is 1.93. The molecule has 1 aliphatic heterocycles. The van der Waals surface area contributed by atoms with Gasteiger partial charge in [-0.3, -0.25) is 9.69 Å². The summed E-state index contributed by atoms with van der Waals surface area (Å²) in [6.45, 7) is 6.32. The number of hydrogen-bond donors (Lipinski definition) is 2. The number of nitrogens with one attached hydrogen (secondary N) is 1. The second-order valence-corrected chi connectivity index (χ2v) is 5.14. The van der Waals surface area contributed by atoms with Crippen molar-refractivity contribution < 1.29 is 9.21 Å². The Kier molecular flexibility index (Phi) is 4.55. The van der Waals surface area contributed by atoms with Gasteiger partial charge in [0, 0.05) is 19.1 Å². The van der Waals surface area contributed by atoms with Gasteiger partial charge < -0.3 is 15.5 Å². The van der Waals surface area contributed by atoms with Crippen LogP contribution in [0.4, 0.5) is 0 Å². The number of likely N-dealkylation sites (tertiary alicyclic amines) is 1. The van der Waals surface area contributed by atoms with Crippen molar-refractivity contribution >= 4 is 5.91 Å². The van der Waals surface area contributed by atoms with Gasteiger partial charge in [-0.25, -0.2) is 4.98 Å². The van der Waals surface area contributed by atoms with Gasteiger partial charge in [0.15, 0.2) is 0 Å². The molecule has 2 rings (SSSR count). The summed E-state index contributed by atoms with van der Waals surface area (Å²) in [7, 11) is 0. The number of carbonyl (C=O) groups is 1. The van der Waals surface area contributed by atoms with Crippen LogP contribution in [0.5, 0.6) is 0 Å². The molecule has 19 heavy (non-hydrogen) atoms. The molecular formula is C13H22N4O2. The van der Waals surface area contributed by atoms with Crippen molar-refractivity contribution in [3.05, 3.63) is 17.3 Å². The molecule has 0 aliphatic carbocycles. The summed E-state index contributed by atoms with van der Waals surface area (Å²) in [6, 6.07) is 0.289. The maximum Gasteiger partial charge on any atom is 0.234 e. The molecule has 0 saturated carbocycles. The summed E-state index contributed by atoms with van der Waals surface area (Å²) in [5.41, 5.74) is 6.70. The van der Waals surface area contributed by atoms with Crippen LogP contribution in [0.25, 0.3) is 0 Å². The first kappa shape index (κ1) is 14.0. The predicted octanol–water partition coefficient (Wildman–Crippen LogP) is 0.331. The third kappa shape index (κ3) is 4.04. The van der Waals surface area contributed by atoms with Crippen molar-refractivity contribution in [2.45, 2.75) is 39.3 Å². The molecule has 6 heteroatoms. The molecule has 6 nitrogen and oxygen atoms in total. The first-order chi connectivity index (χ1) is 9.04. The Hall–Kier alpha value is -1.40. The van der Waals surface area contributed by atoms with Crippen LogP contribution in [0.15, 0.2) is 4.42 Å². The van der Waals surface area contributed by atoms with Gasteiger partial charge in [-0.15, -0.1) is 0 Å². The number of piperidine rings is 1. The van der Waals surface area contributed by atoms with Gasteiger partial charge in [-0.1, -0.05) is 0 Å². The molecule has 1 aliphatic rings. The monoisotopic (exact) mass is 266 g/mol. The molecule has 1 amide bonds. The number of rotatable bonds is 4. The average Bonchev–Trinajstić information content (AvgIpc) is 2.69. The zero-order valence-corrected chi connectivity index (χ0v) is 11.6. The molecular weight excluding hydrogens is 244 g/mol. The minimum atomic E-state index is 0.00368.